The highest BCUT2D eigenvalue weighted by Crippen LogP contribution is 2.28. The minimum absolute atomic E-state index is 0.110. The number of carbonyl (C=O) groups excluding carboxylic acids is 1. The van der Waals surface area contributed by atoms with Crippen LogP contribution in [0.2, 0.25) is 5.02 Å². The number of anilines is 1. The number of halogens is 3. The van der Waals surface area contributed by atoms with E-state index in [1.54, 1.807) is 36.3 Å². The van der Waals surface area contributed by atoms with Crippen LogP contribution in [0, 0.1) is 0 Å². The van der Waals surface area contributed by atoms with E-state index in [2.05, 4.69) is 15.0 Å². The summed E-state index contributed by atoms with van der Waals surface area (Å²) in [5, 5.41) is 4.74. The first-order valence-corrected chi connectivity index (χ1v) is 11.4. The fourth-order valence-electron chi connectivity index (χ4n) is 4.19. The molecule has 3 heterocycles. The Hall–Kier alpha value is -3.72. The minimum Gasteiger partial charge on any atom is -0.497 e. The normalized spacial score (nSPS) is 14.1. The van der Waals surface area contributed by atoms with Gasteiger partial charge >= 0.3 is 0 Å². The molecule has 0 radical (unpaired) electrons. The Kier molecular flexibility index (Phi) is 6.25. The van der Waals surface area contributed by atoms with Gasteiger partial charge in [-0.1, -0.05) is 11.6 Å². The number of carbonyl (C=O) groups is 1. The summed E-state index contributed by atoms with van der Waals surface area (Å²) < 4.78 is 34.0. The standard InChI is InChI=1S/C25H22ClF2N5O2/c1-35-19-8-2-16(3-9-19)21-14-22(23(27)28)33-24(30-21)20(15-29-33)25(34)32-12-10-31(11-13-32)18-6-4-17(26)5-7-18/h2-9,14-15,23H,10-13H2,1H3. The van der Waals surface area contributed by atoms with Crippen LogP contribution in [0.3, 0.4) is 0 Å². The number of amides is 1. The Bertz CT molecular complexity index is 1350. The first-order valence-electron chi connectivity index (χ1n) is 11.1. The molecule has 0 bridgehead atoms. The Labute approximate surface area is 205 Å². The van der Waals surface area contributed by atoms with E-state index in [9.17, 15) is 13.6 Å². The zero-order chi connectivity index (χ0) is 24.5. The fraction of sp³-hybridized carbons (Fsp3) is 0.240. The molecule has 0 aliphatic carbocycles. The summed E-state index contributed by atoms with van der Waals surface area (Å²) in [6.07, 6.45) is -1.47. The Morgan fingerprint density at radius 3 is 2.34 bits per heavy atom. The van der Waals surface area contributed by atoms with Crippen LogP contribution in [-0.2, 0) is 0 Å². The fourth-order valence-corrected chi connectivity index (χ4v) is 4.32. The maximum atomic E-state index is 13.9. The zero-order valence-electron chi connectivity index (χ0n) is 18.9. The number of hydrogen-bond acceptors (Lipinski definition) is 5. The summed E-state index contributed by atoms with van der Waals surface area (Å²) in [6.45, 7) is 2.25. The molecule has 0 atom stereocenters. The summed E-state index contributed by atoms with van der Waals surface area (Å²) in [7, 11) is 1.55. The number of ether oxygens (including phenoxy) is 1. The SMILES string of the molecule is COc1ccc(-c2cc(C(F)F)n3ncc(C(=O)N4CCN(c5ccc(Cl)cc5)CC4)c3n2)cc1. The average Bonchev–Trinajstić information content (AvgIpc) is 3.32. The summed E-state index contributed by atoms with van der Waals surface area (Å²) >= 11 is 5.98. The minimum atomic E-state index is -2.79. The van der Waals surface area contributed by atoms with Crippen molar-refractivity contribution in [2.45, 2.75) is 6.43 Å². The molecule has 10 heteroatoms. The molecule has 7 nitrogen and oxygen atoms in total. The van der Waals surface area contributed by atoms with E-state index in [0.717, 1.165) is 10.2 Å². The number of methoxy groups -OCH3 is 1. The number of fused-ring (bicyclic) bond motifs is 1. The largest absolute Gasteiger partial charge is 0.497 e. The second kappa shape index (κ2) is 9.50. The highest BCUT2D eigenvalue weighted by molar-refractivity contribution is 6.30. The van der Waals surface area contributed by atoms with E-state index >= 15 is 0 Å². The van der Waals surface area contributed by atoms with Gasteiger partial charge in [0.2, 0.25) is 0 Å². The van der Waals surface area contributed by atoms with Gasteiger partial charge in [-0.2, -0.15) is 5.10 Å². The average molecular weight is 498 g/mol. The Morgan fingerprint density at radius 2 is 1.71 bits per heavy atom. The van der Waals surface area contributed by atoms with Crippen LogP contribution >= 0.6 is 11.6 Å². The third kappa shape index (κ3) is 4.51. The van der Waals surface area contributed by atoms with E-state index in [1.807, 2.05) is 24.3 Å². The highest BCUT2D eigenvalue weighted by atomic mass is 35.5. The molecule has 180 valence electrons. The van der Waals surface area contributed by atoms with Gasteiger partial charge in [-0.15, -0.1) is 0 Å². The van der Waals surface area contributed by atoms with Crippen molar-refractivity contribution in [1.82, 2.24) is 19.5 Å². The van der Waals surface area contributed by atoms with Gasteiger partial charge in [-0.25, -0.2) is 18.3 Å². The van der Waals surface area contributed by atoms with Crippen LogP contribution in [0.4, 0.5) is 14.5 Å². The molecule has 0 spiro atoms. The topological polar surface area (TPSA) is 63.0 Å². The molecule has 1 amide bonds. The maximum Gasteiger partial charge on any atom is 0.280 e. The number of rotatable bonds is 5. The smallest absolute Gasteiger partial charge is 0.280 e. The van der Waals surface area contributed by atoms with Gasteiger partial charge in [0.05, 0.1) is 19.0 Å². The lowest BCUT2D eigenvalue weighted by Gasteiger charge is -2.36. The monoisotopic (exact) mass is 497 g/mol. The van der Waals surface area contributed by atoms with Crippen molar-refractivity contribution in [3.8, 4) is 17.0 Å². The first kappa shape index (κ1) is 23.0. The van der Waals surface area contributed by atoms with Gasteiger partial charge in [0, 0.05) is 42.5 Å². The van der Waals surface area contributed by atoms with Gasteiger partial charge in [-0.05, 0) is 54.6 Å². The molecule has 1 saturated heterocycles. The molecule has 1 fully saturated rings. The zero-order valence-corrected chi connectivity index (χ0v) is 19.6. The van der Waals surface area contributed by atoms with Crippen molar-refractivity contribution in [2.75, 3.05) is 38.2 Å². The predicted octanol–water partition coefficient (Wildman–Crippen LogP) is 4.96. The molecule has 1 aliphatic heterocycles. The molecule has 35 heavy (non-hydrogen) atoms. The second-order valence-corrected chi connectivity index (χ2v) is 8.58. The highest BCUT2D eigenvalue weighted by Gasteiger charge is 2.27. The molecule has 2 aromatic heterocycles. The first-order chi connectivity index (χ1) is 16.9. The van der Waals surface area contributed by atoms with Crippen molar-refractivity contribution in [2.24, 2.45) is 0 Å². The lowest BCUT2D eigenvalue weighted by atomic mass is 10.1. The Balaban J connectivity index is 1.43. The van der Waals surface area contributed by atoms with Crippen LogP contribution in [0.15, 0.2) is 60.8 Å². The summed E-state index contributed by atoms with van der Waals surface area (Å²) in [4.78, 5) is 21.8. The van der Waals surface area contributed by atoms with Crippen molar-refractivity contribution in [3.05, 3.63) is 77.1 Å². The molecular formula is C25H22ClF2N5O2. The second-order valence-electron chi connectivity index (χ2n) is 8.14. The number of alkyl halides is 2. The van der Waals surface area contributed by atoms with E-state index in [4.69, 9.17) is 16.3 Å². The summed E-state index contributed by atoms with van der Waals surface area (Å²) in [5.74, 6) is 0.359. The van der Waals surface area contributed by atoms with E-state index < -0.39 is 6.43 Å². The molecule has 0 N–H and O–H groups in total. The lowest BCUT2D eigenvalue weighted by molar-refractivity contribution is 0.0748. The molecule has 1 aliphatic rings. The molecule has 5 rings (SSSR count). The van der Waals surface area contributed by atoms with Crippen molar-refractivity contribution < 1.29 is 18.3 Å². The number of aromatic nitrogens is 3. The number of piperazine rings is 1. The summed E-state index contributed by atoms with van der Waals surface area (Å²) in [5.41, 5.74) is 1.97. The van der Waals surface area contributed by atoms with Crippen LogP contribution in [0.5, 0.6) is 5.75 Å². The van der Waals surface area contributed by atoms with Gasteiger partial charge in [0.1, 0.15) is 17.0 Å². The predicted molar refractivity (Wildman–Crippen MR) is 130 cm³/mol. The van der Waals surface area contributed by atoms with Crippen molar-refractivity contribution in [3.63, 3.8) is 0 Å². The molecule has 0 unspecified atom stereocenters. The molecule has 2 aromatic carbocycles. The third-order valence-corrected chi connectivity index (χ3v) is 6.35. The number of nitrogens with zero attached hydrogens (tertiary/aromatic N) is 5. The van der Waals surface area contributed by atoms with Crippen LogP contribution in [0.1, 0.15) is 22.5 Å². The molecule has 4 aromatic rings. The molecular weight excluding hydrogens is 476 g/mol. The van der Waals surface area contributed by atoms with Gasteiger partial charge in [0.25, 0.3) is 12.3 Å². The van der Waals surface area contributed by atoms with Gasteiger partial charge in [-0.3, -0.25) is 4.79 Å². The Morgan fingerprint density at radius 1 is 1.03 bits per heavy atom. The maximum absolute atomic E-state index is 13.9. The number of hydrogen-bond donors (Lipinski definition) is 0. The van der Waals surface area contributed by atoms with Gasteiger partial charge in [0.15, 0.2) is 5.65 Å². The van der Waals surface area contributed by atoms with Crippen LogP contribution in [-0.4, -0.2) is 58.7 Å². The van der Waals surface area contributed by atoms with Crippen LogP contribution < -0.4 is 9.64 Å². The van der Waals surface area contributed by atoms with Crippen molar-refractivity contribution in [1.29, 1.82) is 0 Å². The van der Waals surface area contributed by atoms with Gasteiger partial charge < -0.3 is 14.5 Å². The molecule has 0 saturated carbocycles. The van der Waals surface area contributed by atoms with E-state index in [1.165, 1.54) is 12.3 Å². The van der Waals surface area contributed by atoms with Crippen LogP contribution in [0.25, 0.3) is 16.9 Å². The number of benzene rings is 2. The lowest BCUT2D eigenvalue weighted by Crippen LogP contribution is -2.48. The van der Waals surface area contributed by atoms with E-state index in [-0.39, 0.29) is 22.8 Å². The summed E-state index contributed by atoms with van der Waals surface area (Å²) in [6, 6.07) is 15.8. The quantitative estimate of drug-likeness (QED) is 0.390. The van der Waals surface area contributed by atoms with E-state index in [0.29, 0.717) is 48.2 Å². The third-order valence-electron chi connectivity index (χ3n) is 6.10. The van der Waals surface area contributed by atoms with Crippen molar-refractivity contribution >= 4 is 28.8 Å².